The molecule has 0 aliphatic carbocycles. The maximum Gasteiger partial charge on any atom is 0.252 e. The largest absolute Gasteiger partial charge is 0.368 e. The van der Waals surface area contributed by atoms with E-state index >= 15 is 0 Å². The summed E-state index contributed by atoms with van der Waals surface area (Å²) in [4.78, 5) is 4.19. The molecule has 2 rings (SSSR count). The number of aryl methyl sites for hydroxylation is 1. The molecule has 5 nitrogen and oxygen atoms in total. The topological polar surface area (TPSA) is 60.2 Å². The van der Waals surface area contributed by atoms with E-state index in [4.69, 9.17) is 9.26 Å². The third-order valence-electron chi connectivity index (χ3n) is 2.56. The van der Waals surface area contributed by atoms with Gasteiger partial charge in [-0.25, -0.2) is 0 Å². The van der Waals surface area contributed by atoms with Gasteiger partial charge in [0.2, 0.25) is 0 Å². The molecule has 0 saturated carbocycles. The Bertz CT molecular complexity index is 295. The van der Waals surface area contributed by atoms with Crippen molar-refractivity contribution in [2.24, 2.45) is 0 Å². The van der Waals surface area contributed by atoms with E-state index in [9.17, 15) is 0 Å². The van der Waals surface area contributed by atoms with Crippen molar-refractivity contribution in [3.8, 4) is 0 Å². The van der Waals surface area contributed by atoms with Crippen molar-refractivity contribution in [3.63, 3.8) is 0 Å². The molecule has 84 valence electrons. The molecule has 0 bridgehead atoms. The first-order valence-electron chi connectivity index (χ1n) is 5.52. The number of rotatable bonds is 4. The minimum Gasteiger partial charge on any atom is -0.368 e. The highest BCUT2D eigenvalue weighted by molar-refractivity contribution is 4.84. The molecule has 1 N–H and O–H groups in total. The fourth-order valence-electron chi connectivity index (χ4n) is 1.64. The lowest BCUT2D eigenvalue weighted by Crippen LogP contribution is -2.32. The molecule has 1 fully saturated rings. The Hall–Kier alpha value is -0.940. The predicted molar refractivity (Wildman–Crippen MR) is 54.4 cm³/mol. The highest BCUT2D eigenvalue weighted by Crippen LogP contribution is 2.10. The summed E-state index contributed by atoms with van der Waals surface area (Å²) in [6.45, 7) is 4.52. The average molecular weight is 211 g/mol. The van der Waals surface area contributed by atoms with Crippen LogP contribution >= 0.6 is 0 Å². The number of aromatic nitrogens is 2. The summed E-state index contributed by atoms with van der Waals surface area (Å²) in [6, 6.07) is 0. The zero-order chi connectivity index (χ0) is 10.5. The van der Waals surface area contributed by atoms with Gasteiger partial charge in [-0.3, -0.25) is 0 Å². The van der Waals surface area contributed by atoms with E-state index in [0.29, 0.717) is 18.6 Å². The van der Waals surface area contributed by atoms with Crippen molar-refractivity contribution in [3.05, 3.63) is 11.7 Å². The molecule has 0 spiro atoms. The highest BCUT2D eigenvalue weighted by atomic mass is 16.5. The van der Waals surface area contributed by atoms with Crippen LogP contribution in [0.2, 0.25) is 0 Å². The van der Waals surface area contributed by atoms with Gasteiger partial charge in [0.25, 0.3) is 5.89 Å². The summed E-state index contributed by atoms with van der Waals surface area (Å²) in [6.07, 6.45) is 3.27. The SMILES string of the molecule is CCc1noc(COC2CCNCC2)n1. The fraction of sp³-hybridized carbons (Fsp3) is 0.800. The highest BCUT2D eigenvalue weighted by Gasteiger charge is 2.14. The number of nitrogens with zero attached hydrogens (tertiary/aromatic N) is 2. The van der Waals surface area contributed by atoms with Crippen LogP contribution in [0.15, 0.2) is 4.52 Å². The minimum absolute atomic E-state index is 0.336. The maximum atomic E-state index is 5.69. The number of ether oxygens (including phenoxy) is 1. The Morgan fingerprint density at radius 2 is 2.27 bits per heavy atom. The first-order chi connectivity index (χ1) is 7.38. The monoisotopic (exact) mass is 211 g/mol. The summed E-state index contributed by atoms with van der Waals surface area (Å²) in [5.41, 5.74) is 0. The number of nitrogens with one attached hydrogen (secondary N) is 1. The van der Waals surface area contributed by atoms with Gasteiger partial charge >= 0.3 is 0 Å². The van der Waals surface area contributed by atoms with Crippen LogP contribution in [-0.4, -0.2) is 29.3 Å². The molecule has 1 saturated heterocycles. The molecule has 1 aliphatic rings. The summed E-state index contributed by atoms with van der Waals surface area (Å²) < 4.78 is 10.7. The Labute approximate surface area is 89.2 Å². The van der Waals surface area contributed by atoms with E-state index in [2.05, 4.69) is 15.5 Å². The van der Waals surface area contributed by atoms with E-state index < -0.39 is 0 Å². The van der Waals surface area contributed by atoms with Gasteiger partial charge in [-0.15, -0.1) is 0 Å². The van der Waals surface area contributed by atoms with Gasteiger partial charge < -0.3 is 14.6 Å². The molecule has 0 atom stereocenters. The normalized spacial score (nSPS) is 18.2. The van der Waals surface area contributed by atoms with Crippen LogP contribution < -0.4 is 5.32 Å². The second-order valence-corrected chi connectivity index (χ2v) is 3.72. The number of piperidine rings is 1. The second kappa shape index (κ2) is 5.23. The summed E-state index contributed by atoms with van der Waals surface area (Å²) in [5.74, 6) is 1.34. The van der Waals surface area contributed by atoms with Crippen LogP contribution in [0.25, 0.3) is 0 Å². The fourth-order valence-corrected chi connectivity index (χ4v) is 1.64. The van der Waals surface area contributed by atoms with E-state index in [-0.39, 0.29) is 0 Å². The molecule has 0 radical (unpaired) electrons. The standard InChI is InChI=1S/C10H17N3O2/c1-2-9-12-10(15-13-9)7-14-8-3-5-11-6-4-8/h8,11H,2-7H2,1H3. The number of hydrogen-bond donors (Lipinski definition) is 1. The van der Waals surface area contributed by atoms with Gasteiger partial charge in [0, 0.05) is 6.42 Å². The Morgan fingerprint density at radius 3 is 2.93 bits per heavy atom. The lowest BCUT2D eigenvalue weighted by Gasteiger charge is -2.21. The van der Waals surface area contributed by atoms with Crippen LogP contribution in [0, 0.1) is 0 Å². The van der Waals surface area contributed by atoms with Crippen LogP contribution in [0.1, 0.15) is 31.5 Å². The van der Waals surface area contributed by atoms with Crippen molar-refractivity contribution in [1.29, 1.82) is 0 Å². The van der Waals surface area contributed by atoms with Crippen molar-refractivity contribution in [1.82, 2.24) is 15.5 Å². The van der Waals surface area contributed by atoms with E-state index in [1.165, 1.54) is 0 Å². The Kier molecular flexibility index (Phi) is 3.69. The van der Waals surface area contributed by atoms with Gasteiger partial charge in [-0.05, 0) is 25.9 Å². The van der Waals surface area contributed by atoms with Gasteiger partial charge in [0.1, 0.15) is 6.61 Å². The summed E-state index contributed by atoms with van der Waals surface area (Å²) in [5, 5.41) is 7.11. The van der Waals surface area contributed by atoms with Crippen molar-refractivity contribution >= 4 is 0 Å². The van der Waals surface area contributed by atoms with Gasteiger partial charge in [0.05, 0.1) is 6.10 Å². The van der Waals surface area contributed by atoms with Crippen LogP contribution in [0.4, 0.5) is 0 Å². The van der Waals surface area contributed by atoms with E-state index in [0.717, 1.165) is 38.2 Å². The van der Waals surface area contributed by atoms with E-state index in [1.807, 2.05) is 6.92 Å². The van der Waals surface area contributed by atoms with Crippen molar-refractivity contribution in [2.45, 2.75) is 38.9 Å². The van der Waals surface area contributed by atoms with Gasteiger partial charge in [-0.1, -0.05) is 12.1 Å². The molecule has 0 amide bonds. The van der Waals surface area contributed by atoms with Crippen molar-refractivity contribution < 1.29 is 9.26 Å². The van der Waals surface area contributed by atoms with Crippen molar-refractivity contribution in [2.75, 3.05) is 13.1 Å². The quantitative estimate of drug-likeness (QED) is 0.801. The Morgan fingerprint density at radius 1 is 1.47 bits per heavy atom. The third-order valence-corrected chi connectivity index (χ3v) is 2.56. The zero-order valence-electron chi connectivity index (χ0n) is 9.03. The Balaban J connectivity index is 1.76. The molecule has 1 aliphatic heterocycles. The van der Waals surface area contributed by atoms with E-state index in [1.54, 1.807) is 0 Å². The van der Waals surface area contributed by atoms with Gasteiger partial charge in [-0.2, -0.15) is 4.98 Å². The lowest BCUT2D eigenvalue weighted by atomic mass is 10.1. The maximum absolute atomic E-state index is 5.69. The first-order valence-corrected chi connectivity index (χ1v) is 5.52. The molecule has 0 unspecified atom stereocenters. The smallest absolute Gasteiger partial charge is 0.252 e. The third kappa shape index (κ3) is 3.00. The molecule has 1 aromatic rings. The summed E-state index contributed by atoms with van der Waals surface area (Å²) in [7, 11) is 0. The zero-order valence-corrected chi connectivity index (χ0v) is 9.03. The average Bonchev–Trinajstić information content (AvgIpc) is 2.76. The molecule has 15 heavy (non-hydrogen) atoms. The predicted octanol–water partition coefficient (Wildman–Crippen LogP) is 0.901. The summed E-state index contributed by atoms with van der Waals surface area (Å²) >= 11 is 0. The minimum atomic E-state index is 0.336. The first kappa shape index (κ1) is 10.6. The molecule has 1 aromatic heterocycles. The second-order valence-electron chi connectivity index (χ2n) is 3.72. The van der Waals surface area contributed by atoms with Crippen LogP contribution in [0.3, 0.4) is 0 Å². The molecule has 0 aromatic carbocycles. The van der Waals surface area contributed by atoms with Gasteiger partial charge in [0.15, 0.2) is 5.82 Å². The molecular weight excluding hydrogens is 194 g/mol. The molecule has 2 heterocycles. The van der Waals surface area contributed by atoms with Crippen LogP contribution in [-0.2, 0) is 17.8 Å². The number of hydrogen-bond acceptors (Lipinski definition) is 5. The molecular formula is C10H17N3O2. The lowest BCUT2D eigenvalue weighted by molar-refractivity contribution is 0.00859. The molecule has 5 heteroatoms. The van der Waals surface area contributed by atoms with Crippen LogP contribution in [0.5, 0.6) is 0 Å².